The molecular formula is C13H22N4O. The summed E-state index contributed by atoms with van der Waals surface area (Å²) >= 11 is 0. The van der Waals surface area contributed by atoms with E-state index in [1.54, 1.807) is 0 Å². The zero-order chi connectivity index (χ0) is 13.1. The molecule has 1 aliphatic rings. The van der Waals surface area contributed by atoms with Crippen LogP contribution in [-0.2, 0) is 13.0 Å². The SMILES string of the molecule is CCc1cc(C(=O)N2CCN(C)CC2)n(CC)n1. The zero-order valence-electron chi connectivity index (χ0n) is 11.5. The van der Waals surface area contributed by atoms with E-state index in [1.807, 2.05) is 22.6 Å². The average molecular weight is 250 g/mol. The highest BCUT2D eigenvalue weighted by molar-refractivity contribution is 5.92. The number of amides is 1. The van der Waals surface area contributed by atoms with Crippen molar-refractivity contribution in [3.63, 3.8) is 0 Å². The first kappa shape index (κ1) is 13.1. The third kappa shape index (κ3) is 2.56. The van der Waals surface area contributed by atoms with Crippen LogP contribution < -0.4 is 0 Å². The molecule has 0 spiro atoms. The summed E-state index contributed by atoms with van der Waals surface area (Å²) in [5.74, 6) is 0.122. The Morgan fingerprint density at radius 2 is 1.94 bits per heavy atom. The van der Waals surface area contributed by atoms with Crippen molar-refractivity contribution in [2.24, 2.45) is 0 Å². The normalized spacial score (nSPS) is 17.2. The van der Waals surface area contributed by atoms with E-state index < -0.39 is 0 Å². The molecule has 0 bridgehead atoms. The van der Waals surface area contributed by atoms with Crippen molar-refractivity contribution in [2.75, 3.05) is 33.2 Å². The Kier molecular flexibility index (Phi) is 4.01. The minimum atomic E-state index is 0.122. The average Bonchev–Trinajstić information content (AvgIpc) is 2.82. The van der Waals surface area contributed by atoms with Gasteiger partial charge >= 0.3 is 0 Å². The maximum absolute atomic E-state index is 12.5. The van der Waals surface area contributed by atoms with E-state index in [-0.39, 0.29) is 5.91 Å². The van der Waals surface area contributed by atoms with Gasteiger partial charge in [-0.15, -0.1) is 0 Å². The van der Waals surface area contributed by atoms with E-state index in [2.05, 4.69) is 24.0 Å². The monoisotopic (exact) mass is 250 g/mol. The molecule has 0 atom stereocenters. The van der Waals surface area contributed by atoms with Gasteiger partial charge in [-0.05, 0) is 26.5 Å². The molecule has 18 heavy (non-hydrogen) atoms. The van der Waals surface area contributed by atoms with Crippen LogP contribution in [0.3, 0.4) is 0 Å². The molecule has 1 aliphatic heterocycles. The molecule has 0 unspecified atom stereocenters. The lowest BCUT2D eigenvalue weighted by atomic mass is 10.2. The number of aryl methyl sites for hydroxylation is 2. The molecule has 5 nitrogen and oxygen atoms in total. The van der Waals surface area contributed by atoms with Crippen LogP contribution in [0.25, 0.3) is 0 Å². The van der Waals surface area contributed by atoms with Crippen LogP contribution in [0.4, 0.5) is 0 Å². The van der Waals surface area contributed by atoms with Crippen molar-refractivity contribution in [2.45, 2.75) is 26.8 Å². The summed E-state index contributed by atoms with van der Waals surface area (Å²) < 4.78 is 1.82. The van der Waals surface area contributed by atoms with E-state index >= 15 is 0 Å². The van der Waals surface area contributed by atoms with E-state index in [1.165, 1.54) is 0 Å². The summed E-state index contributed by atoms with van der Waals surface area (Å²) in [4.78, 5) is 16.6. The molecule has 0 radical (unpaired) electrons. The van der Waals surface area contributed by atoms with Gasteiger partial charge in [-0.1, -0.05) is 6.92 Å². The highest BCUT2D eigenvalue weighted by Gasteiger charge is 2.23. The summed E-state index contributed by atoms with van der Waals surface area (Å²) in [7, 11) is 2.09. The molecule has 0 N–H and O–H groups in total. The molecule has 2 rings (SSSR count). The zero-order valence-corrected chi connectivity index (χ0v) is 11.5. The molecule has 1 aromatic heterocycles. The van der Waals surface area contributed by atoms with Gasteiger partial charge in [0.25, 0.3) is 5.91 Å². The summed E-state index contributed by atoms with van der Waals surface area (Å²) in [5.41, 5.74) is 1.73. The predicted octanol–water partition coefficient (Wildman–Crippen LogP) is 0.853. The summed E-state index contributed by atoms with van der Waals surface area (Å²) in [6.45, 7) is 8.35. The van der Waals surface area contributed by atoms with Crippen LogP contribution in [0.15, 0.2) is 6.07 Å². The Hall–Kier alpha value is -1.36. The van der Waals surface area contributed by atoms with Crippen LogP contribution in [0, 0.1) is 0 Å². The van der Waals surface area contributed by atoms with Gasteiger partial charge in [-0.25, -0.2) is 0 Å². The minimum absolute atomic E-state index is 0.122. The van der Waals surface area contributed by atoms with Gasteiger partial charge in [0, 0.05) is 32.7 Å². The Bertz CT molecular complexity index is 419. The van der Waals surface area contributed by atoms with Gasteiger partial charge in [-0.2, -0.15) is 5.10 Å². The van der Waals surface area contributed by atoms with Crippen LogP contribution in [0.2, 0.25) is 0 Å². The fourth-order valence-corrected chi connectivity index (χ4v) is 2.23. The Labute approximate surface area is 108 Å². The van der Waals surface area contributed by atoms with Crippen molar-refractivity contribution in [3.05, 3.63) is 17.5 Å². The fraction of sp³-hybridized carbons (Fsp3) is 0.692. The fourth-order valence-electron chi connectivity index (χ4n) is 2.23. The van der Waals surface area contributed by atoms with Gasteiger partial charge in [-0.3, -0.25) is 9.48 Å². The van der Waals surface area contributed by atoms with Crippen LogP contribution in [-0.4, -0.2) is 58.7 Å². The Balaban J connectivity index is 2.15. The van der Waals surface area contributed by atoms with Gasteiger partial charge in [0.2, 0.25) is 0 Å². The van der Waals surface area contributed by atoms with Crippen molar-refractivity contribution >= 4 is 5.91 Å². The number of piperazine rings is 1. The first-order valence-electron chi connectivity index (χ1n) is 6.70. The molecular weight excluding hydrogens is 228 g/mol. The first-order chi connectivity index (χ1) is 8.65. The minimum Gasteiger partial charge on any atom is -0.335 e. The summed E-state index contributed by atoms with van der Waals surface area (Å²) in [5, 5.41) is 4.44. The molecule has 0 aromatic carbocycles. The highest BCUT2D eigenvalue weighted by Crippen LogP contribution is 2.11. The number of hydrogen-bond donors (Lipinski definition) is 0. The van der Waals surface area contributed by atoms with Crippen LogP contribution >= 0.6 is 0 Å². The first-order valence-corrected chi connectivity index (χ1v) is 6.70. The number of carbonyl (C=O) groups is 1. The molecule has 1 amide bonds. The van der Waals surface area contributed by atoms with Gasteiger partial charge in [0.05, 0.1) is 5.69 Å². The predicted molar refractivity (Wildman–Crippen MR) is 70.7 cm³/mol. The lowest BCUT2D eigenvalue weighted by Crippen LogP contribution is -2.47. The highest BCUT2D eigenvalue weighted by atomic mass is 16.2. The molecule has 1 fully saturated rings. The topological polar surface area (TPSA) is 41.4 Å². The largest absolute Gasteiger partial charge is 0.335 e. The van der Waals surface area contributed by atoms with Crippen LogP contribution in [0.1, 0.15) is 30.0 Å². The number of likely N-dealkylation sites (N-methyl/N-ethyl adjacent to an activating group) is 1. The quantitative estimate of drug-likeness (QED) is 0.798. The maximum Gasteiger partial charge on any atom is 0.272 e. The van der Waals surface area contributed by atoms with Gasteiger partial charge in [0.1, 0.15) is 5.69 Å². The van der Waals surface area contributed by atoms with Crippen LogP contribution in [0.5, 0.6) is 0 Å². The second-order valence-electron chi connectivity index (χ2n) is 4.79. The number of rotatable bonds is 3. The van der Waals surface area contributed by atoms with E-state index in [9.17, 15) is 4.79 Å². The summed E-state index contributed by atoms with van der Waals surface area (Å²) in [6, 6.07) is 1.93. The number of nitrogens with zero attached hydrogens (tertiary/aromatic N) is 4. The van der Waals surface area contributed by atoms with Crippen molar-refractivity contribution in [3.8, 4) is 0 Å². The molecule has 1 aromatic rings. The molecule has 100 valence electrons. The smallest absolute Gasteiger partial charge is 0.272 e. The number of hydrogen-bond acceptors (Lipinski definition) is 3. The number of aromatic nitrogens is 2. The van der Waals surface area contributed by atoms with Crippen molar-refractivity contribution in [1.82, 2.24) is 19.6 Å². The second-order valence-corrected chi connectivity index (χ2v) is 4.79. The lowest BCUT2D eigenvalue weighted by molar-refractivity contribution is 0.0652. The van der Waals surface area contributed by atoms with E-state index in [0.29, 0.717) is 0 Å². The third-order valence-electron chi connectivity index (χ3n) is 3.50. The molecule has 1 saturated heterocycles. The maximum atomic E-state index is 12.5. The second kappa shape index (κ2) is 5.52. The molecule has 0 aliphatic carbocycles. The molecule has 0 saturated carbocycles. The van der Waals surface area contributed by atoms with Crippen molar-refractivity contribution < 1.29 is 4.79 Å². The van der Waals surface area contributed by atoms with Gasteiger partial charge in [0.15, 0.2) is 0 Å². The van der Waals surface area contributed by atoms with E-state index in [4.69, 9.17) is 0 Å². The lowest BCUT2D eigenvalue weighted by Gasteiger charge is -2.32. The van der Waals surface area contributed by atoms with E-state index in [0.717, 1.165) is 50.5 Å². The standard InChI is InChI=1S/C13H22N4O/c1-4-11-10-12(17(5-2)14-11)13(18)16-8-6-15(3)7-9-16/h10H,4-9H2,1-3H3. The molecule has 5 heteroatoms. The Morgan fingerprint density at radius 1 is 1.28 bits per heavy atom. The van der Waals surface area contributed by atoms with Crippen molar-refractivity contribution in [1.29, 1.82) is 0 Å². The third-order valence-corrected chi connectivity index (χ3v) is 3.50. The molecule has 2 heterocycles. The summed E-state index contributed by atoms with van der Waals surface area (Å²) in [6.07, 6.45) is 0.871. The van der Waals surface area contributed by atoms with Gasteiger partial charge < -0.3 is 9.80 Å². The Morgan fingerprint density at radius 3 is 2.50 bits per heavy atom. The number of carbonyl (C=O) groups excluding carboxylic acids is 1.